The average molecular weight is 325 g/mol. The number of hydrogen-bond acceptors (Lipinski definition) is 5. The molecular weight excluding hydrogens is 315 g/mol. The van der Waals surface area contributed by atoms with Crippen LogP contribution in [0.4, 0.5) is 18.9 Å². The van der Waals surface area contributed by atoms with Gasteiger partial charge >= 0.3 is 21.3 Å². The molecule has 1 aromatic carbocycles. The molecule has 0 saturated heterocycles. The van der Waals surface area contributed by atoms with Gasteiger partial charge in [-0.25, -0.2) is 0 Å². The Kier molecular flexibility index (Phi) is 3.83. The van der Waals surface area contributed by atoms with Crippen molar-refractivity contribution in [2.24, 2.45) is 0 Å². The van der Waals surface area contributed by atoms with Crippen LogP contribution in [0.5, 0.6) is 5.75 Å². The van der Waals surface area contributed by atoms with Crippen LogP contribution in [0, 0.1) is 10.1 Å². The molecular formula is C11H10F3NO5S. The summed E-state index contributed by atoms with van der Waals surface area (Å²) in [4.78, 5) is 10.2. The molecule has 0 atom stereocenters. The maximum Gasteiger partial charge on any atom is 0.534 e. The Morgan fingerprint density at radius 3 is 2.38 bits per heavy atom. The van der Waals surface area contributed by atoms with Crippen molar-refractivity contribution in [1.29, 1.82) is 0 Å². The van der Waals surface area contributed by atoms with Gasteiger partial charge in [0, 0.05) is 5.56 Å². The Morgan fingerprint density at radius 2 is 1.81 bits per heavy atom. The number of benzene rings is 1. The molecule has 0 aliphatic heterocycles. The van der Waals surface area contributed by atoms with Gasteiger partial charge in [0.2, 0.25) is 5.75 Å². The lowest BCUT2D eigenvalue weighted by Gasteiger charge is -2.17. The molecule has 0 fully saturated rings. The Bertz CT molecular complexity index is 684. The van der Waals surface area contributed by atoms with Gasteiger partial charge in [-0.15, -0.1) is 0 Å². The van der Waals surface area contributed by atoms with Crippen molar-refractivity contribution in [2.45, 2.75) is 31.2 Å². The summed E-state index contributed by atoms with van der Waals surface area (Å²) in [6.45, 7) is 0. The normalized spacial score (nSPS) is 15.4. The molecule has 10 heteroatoms. The van der Waals surface area contributed by atoms with Gasteiger partial charge in [0.1, 0.15) is 0 Å². The van der Waals surface area contributed by atoms with E-state index in [1.807, 2.05) is 0 Å². The van der Waals surface area contributed by atoms with Crippen LogP contribution >= 0.6 is 0 Å². The van der Waals surface area contributed by atoms with Crippen molar-refractivity contribution in [1.82, 2.24) is 0 Å². The van der Waals surface area contributed by atoms with Crippen LogP contribution in [0.2, 0.25) is 0 Å². The first-order valence-corrected chi connectivity index (χ1v) is 7.34. The van der Waals surface area contributed by atoms with Gasteiger partial charge < -0.3 is 4.18 Å². The minimum absolute atomic E-state index is 0.237. The third kappa shape index (κ3) is 2.94. The third-order valence-electron chi connectivity index (χ3n) is 3.13. The summed E-state index contributed by atoms with van der Waals surface area (Å²) >= 11 is 0. The zero-order chi connectivity index (χ0) is 15.8. The second kappa shape index (κ2) is 5.17. The lowest BCUT2D eigenvalue weighted by atomic mass is 9.90. The molecule has 21 heavy (non-hydrogen) atoms. The second-order valence-electron chi connectivity index (χ2n) is 4.50. The van der Waals surface area contributed by atoms with Gasteiger partial charge in [-0.1, -0.05) is 6.07 Å². The molecule has 6 nitrogen and oxygen atoms in total. The standard InChI is InChI=1S/C11H10F3NO5S/c12-11(13,14)21(18,19)20-9-6-5-7-3-1-2-4-8(7)10(9)15(16)17/h5-6H,1-4H2. The van der Waals surface area contributed by atoms with Gasteiger partial charge in [-0.05, 0) is 37.3 Å². The van der Waals surface area contributed by atoms with Crippen LogP contribution in [0.15, 0.2) is 12.1 Å². The minimum atomic E-state index is -5.94. The monoisotopic (exact) mass is 325 g/mol. The van der Waals surface area contributed by atoms with Gasteiger partial charge in [0.25, 0.3) is 0 Å². The highest BCUT2D eigenvalue weighted by Gasteiger charge is 2.49. The number of rotatable bonds is 3. The van der Waals surface area contributed by atoms with Gasteiger partial charge in [-0.2, -0.15) is 21.6 Å². The van der Waals surface area contributed by atoms with Crippen LogP contribution in [0.1, 0.15) is 24.0 Å². The van der Waals surface area contributed by atoms with E-state index in [9.17, 15) is 31.7 Å². The zero-order valence-corrected chi connectivity index (χ0v) is 11.3. The summed E-state index contributed by atoms with van der Waals surface area (Å²) in [5, 5.41) is 11.1. The number of fused-ring (bicyclic) bond motifs is 1. The predicted octanol–water partition coefficient (Wildman–Crippen LogP) is 2.70. The van der Waals surface area contributed by atoms with Crippen molar-refractivity contribution in [3.05, 3.63) is 33.4 Å². The highest BCUT2D eigenvalue weighted by atomic mass is 32.2. The summed E-state index contributed by atoms with van der Waals surface area (Å²) in [5.74, 6) is -0.905. The molecule has 1 aliphatic rings. The average Bonchev–Trinajstić information content (AvgIpc) is 2.36. The van der Waals surface area contributed by atoms with Crippen LogP contribution in [0.25, 0.3) is 0 Å². The van der Waals surface area contributed by atoms with E-state index in [0.29, 0.717) is 24.8 Å². The topological polar surface area (TPSA) is 86.5 Å². The molecule has 0 N–H and O–H groups in total. The van der Waals surface area contributed by atoms with E-state index in [0.717, 1.165) is 12.5 Å². The summed E-state index contributed by atoms with van der Waals surface area (Å²) in [7, 11) is -5.94. The lowest BCUT2D eigenvalue weighted by Crippen LogP contribution is -2.28. The Labute approximate surface area is 117 Å². The molecule has 0 bridgehead atoms. The molecule has 1 aliphatic carbocycles. The maximum absolute atomic E-state index is 12.3. The van der Waals surface area contributed by atoms with Crippen LogP contribution in [-0.2, 0) is 23.0 Å². The van der Waals surface area contributed by atoms with E-state index in [1.54, 1.807) is 0 Å². The first-order valence-electron chi connectivity index (χ1n) is 5.93. The van der Waals surface area contributed by atoms with Gasteiger partial charge in [-0.3, -0.25) is 10.1 Å². The molecule has 0 aromatic heterocycles. The third-order valence-corrected chi connectivity index (χ3v) is 4.10. The van der Waals surface area contributed by atoms with Gasteiger partial charge in [0.15, 0.2) is 0 Å². The van der Waals surface area contributed by atoms with E-state index >= 15 is 0 Å². The summed E-state index contributed by atoms with van der Waals surface area (Å²) < 4.78 is 62.8. The molecule has 0 heterocycles. The first kappa shape index (κ1) is 15.5. The van der Waals surface area contributed by atoms with Crippen molar-refractivity contribution in [3.8, 4) is 5.75 Å². The summed E-state index contributed by atoms with van der Waals surface area (Å²) in [6, 6.07) is 2.26. The number of alkyl halides is 3. The number of aryl methyl sites for hydroxylation is 1. The van der Waals surface area contributed by atoms with Gasteiger partial charge in [0.05, 0.1) is 4.92 Å². The fourth-order valence-corrected chi connectivity index (χ4v) is 2.69. The van der Waals surface area contributed by atoms with Crippen LogP contribution in [0.3, 0.4) is 0 Å². The van der Waals surface area contributed by atoms with E-state index in [4.69, 9.17) is 0 Å². The summed E-state index contributed by atoms with van der Waals surface area (Å²) in [5.41, 5.74) is -5.48. The van der Waals surface area contributed by atoms with E-state index < -0.39 is 32.0 Å². The Hall–Kier alpha value is -1.84. The summed E-state index contributed by atoms with van der Waals surface area (Å²) in [6.07, 6.45) is 2.31. The number of nitrogens with zero attached hydrogens (tertiary/aromatic N) is 1. The Morgan fingerprint density at radius 1 is 1.19 bits per heavy atom. The minimum Gasteiger partial charge on any atom is -0.369 e. The van der Waals surface area contributed by atoms with E-state index in [-0.39, 0.29) is 5.56 Å². The largest absolute Gasteiger partial charge is 0.534 e. The maximum atomic E-state index is 12.3. The number of nitro groups is 1. The molecule has 0 amide bonds. The molecule has 116 valence electrons. The molecule has 1 aromatic rings. The van der Waals surface area contributed by atoms with E-state index in [2.05, 4.69) is 4.18 Å². The quantitative estimate of drug-likeness (QED) is 0.369. The first-order chi connectivity index (χ1) is 9.63. The number of nitro benzene ring substituents is 1. The van der Waals surface area contributed by atoms with Crippen molar-refractivity contribution in [2.75, 3.05) is 0 Å². The molecule has 0 saturated carbocycles. The molecule has 2 rings (SSSR count). The molecule has 0 radical (unpaired) electrons. The molecule has 0 unspecified atom stereocenters. The van der Waals surface area contributed by atoms with Crippen molar-refractivity contribution < 1.29 is 30.7 Å². The van der Waals surface area contributed by atoms with Crippen molar-refractivity contribution >= 4 is 15.8 Å². The van der Waals surface area contributed by atoms with E-state index in [1.165, 1.54) is 6.07 Å². The second-order valence-corrected chi connectivity index (χ2v) is 6.04. The van der Waals surface area contributed by atoms with Crippen molar-refractivity contribution in [3.63, 3.8) is 0 Å². The zero-order valence-electron chi connectivity index (χ0n) is 10.5. The number of halogens is 3. The predicted molar refractivity (Wildman–Crippen MR) is 65.3 cm³/mol. The molecule has 0 spiro atoms. The van der Waals surface area contributed by atoms with Crippen LogP contribution in [-0.4, -0.2) is 18.8 Å². The highest BCUT2D eigenvalue weighted by molar-refractivity contribution is 7.88. The lowest BCUT2D eigenvalue weighted by molar-refractivity contribution is -0.386. The Balaban J connectivity index is 2.53. The highest BCUT2D eigenvalue weighted by Crippen LogP contribution is 2.39. The number of hydrogen-bond donors (Lipinski definition) is 0. The fraction of sp³-hybridized carbons (Fsp3) is 0.455. The van der Waals surface area contributed by atoms with Crippen LogP contribution < -0.4 is 4.18 Å². The smallest absolute Gasteiger partial charge is 0.369 e. The SMILES string of the molecule is O=[N+]([O-])c1c(OS(=O)(=O)C(F)(F)F)ccc2c1CCCC2. The fourth-order valence-electron chi connectivity index (χ4n) is 2.22.